The van der Waals surface area contributed by atoms with Gasteiger partial charge in [0.25, 0.3) is 0 Å². The van der Waals surface area contributed by atoms with E-state index in [0.717, 1.165) is 31.2 Å². The van der Waals surface area contributed by atoms with Gasteiger partial charge in [0.1, 0.15) is 11.5 Å². The second-order valence-corrected chi connectivity index (χ2v) is 6.98. The van der Waals surface area contributed by atoms with Gasteiger partial charge in [-0.2, -0.15) is 0 Å². The maximum absolute atomic E-state index is 13.2. The minimum absolute atomic E-state index is 0.0437. The molecule has 1 aliphatic heterocycles. The lowest BCUT2D eigenvalue weighted by Gasteiger charge is -2.31. The van der Waals surface area contributed by atoms with Crippen LogP contribution < -0.4 is 14.8 Å². The number of amides is 2. The molecule has 1 fully saturated rings. The first-order valence-electron chi connectivity index (χ1n) is 9.18. The van der Waals surface area contributed by atoms with E-state index in [9.17, 15) is 4.79 Å². The molecule has 144 valence electrons. The number of benzene rings is 2. The fourth-order valence-electron chi connectivity index (χ4n) is 3.52. The van der Waals surface area contributed by atoms with Crippen molar-refractivity contribution in [2.45, 2.75) is 31.7 Å². The molecule has 0 radical (unpaired) electrons. The number of urea groups is 1. The van der Waals surface area contributed by atoms with Crippen LogP contribution in [0.5, 0.6) is 11.5 Å². The van der Waals surface area contributed by atoms with Crippen molar-refractivity contribution in [3.8, 4) is 11.5 Å². The van der Waals surface area contributed by atoms with Gasteiger partial charge in [-0.25, -0.2) is 4.79 Å². The number of ether oxygens (including phenoxy) is 2. The van der Waals surface area contributed by atoms with Gasteiger partial charge in [0.2, 0.25) is 0 Å². The monoisotopic (exact) mass is 388 g/mol. The average Bonchev–Trinajstić information content (AvgIpc) is 2.94. The number of likely N-dealkylation sites (tertiary alicyclic amines) is 1. The first-order valence-corrected chi connectivity index (χ1v) is 9.56. The van der Waals surface area contributed by atoms with Gasteiger partial charge in [-0.3, -0.25) is 0 Å². The number of anilines is 1. The highest BCUT2D eigenvalue weighted by Crippen LogP contribution is 2.35. The molecule has 0 spiro atoms. The average molecular weight is 389 g/mol. The maximum Gasteiger partial charge on any atom is 0.322 e. The molecule has 2 amide bonds. The third-order valence-corrected chi connectivity index (χ3v) is 5.27. The molecular weight excluding hydrogens is 364 g/mol. The van der Waals surface area contributed by atoms with Crippen LogP contribution in [-0.2, 0) is 0 Å². The Morgan fingerprint density at radius 1 is 1.11 bits per heavy atom. The van der Waals surface area contributed by atoms with E-state index in [0.29, 0.717) is 28.8 Å². The first-order chi connectivity index (χ1) is 13.1. The summed E-state index contributed by atoms with van der Waals surface area (Å²) in [5, 5.41) is 3.69. The van der Waals surface area contributed by atoms with Crippen LogP contribution in [0, 0.1) is 0 Å². The topological polar surface area (TPSA) is 50.8 Å². The van der Waals surface area contributed by atoms with Crippen molar-refractivity contribution in [1.29, 1.82) is 0 Å². The van der Waals surface area contributed by atoms with Crippen LogP contribution in [0.3, 0.4) is 0 Å². The predicted octanol–water partition coefficient (Wildman–Crippen LogP) is 5.51. The van der Waals surface area contributed by atoms with Crippen molar-refractivity contribution in [2.24, 2.45) is 0 Å². The number of carbonyl (C=O) groups excluding carboxylic acids is 1. The zero-order chi connectivity index (χ0) is 19.2. The van der Waals surface area contributed by atoms with Gasteiger partial charge in [-0.1, -0.05) is 42.6 Å². The molecule has 1 N–H and O–H groups in total. The Morgan fingerprint density at radius 2 is 1.93 bits per heavy atom. The summed E-state index contributed by atoms with van der Waals surface area (Å²) in [4.78, 5) is 15.0. The molecule has 1 aliphatic rings. The number of methoxy groups -OCH3 is 2. The third kappa shape index (κ3) is 4.48. The van der Waals surface area contributed by atoms with Gasteiger partial charge in [0.15, 0.2) is 0 Å². The number of hydrogen-bond donors (Lipinski definition) is 1. The molecule has 6 heteroatoms. The van der Waals surface area contributed by atoms with Gasteiger partial charge in [-0.15, -0.1) is 0 Å². The van der Waals surface area contributed by atoms with E-state index in [-0.39, 0.29) is 12.1 Å². The van der Waals surface area contributed by atoms with Crippen molar-refractivity contribution >= 4 is 23.3 Å². The summed E-state index contributed by atoms with van der Waals surface area (Å²) in [5.41, 5.74) is 1.58. The lowest BCUT2D eigenvalue weighted by Crippen LogP contribution is -2.38. The van der Waals surface area contributed by atoms with Gasteiger partial charge in [-0.05, 0) is 36.6 Å². The molecule has 27 heavy (non-hydrogen) atoms. The molecule has 1 saturated heterocycles. The summed E-state index contributed by atoms with van der Waals surface area (Å²) in [6.07, 6.45) is 4.05. The molecule has 1 atom stereocenters. The van der Waals surface area contributed by atoms with E-state index >= 15 is 0 Å². The number of halogens is 1. The Morgan fingerprint density at radius 3 is 2.67 bits per heavy atom. The highest BCUT2D eigenvalue weighted by molar-refractivity contribution is 6.31. The summed E-state index contributed by atoms with van der Waals surface area (Å²) in [7, 11) is 3.17. The van der Waals surface area contributed by atoms with Gasteiger partial charge in [0.05, 0.1) is 25.9 Å². The van der Waals surface area contributed by atoms with Crippen LogP contribution in [0.25, 0.3) is 0 Å². The second kappa shape index (κ2) is 9.00. The predicted molar refractivity (Wildman–Crippen MR) is 108 cm³/mol. The summed E-state index contributed by atoms with van der Waals surface area (Å²) in [6.45, 7) is 0.688. The molecule has 2 aromatic carbocycles. The summed E-state index contributed by atoms with van der Waals surface area (Å²) >= 11 is 6.43. The van der Waals surface area contributed by atoms with Gasteiger partial charge >= 0.3 is 6.03 Å². The Balaban J connectivity index is 1.88. The number of rotatable bonds is 4. The second-order valence-electron chi connectivity index (χ2n) is 6.58. The molecule has 5 nitrogen and oxygen atoms in total. The van der Waals surface area contributed by atoms with Crippen molar-refractivity contribution in [3.05, 3.63) is 53.1 Å². The lowest BCUT2D eigenvalue weighted by molar-refractivity contribution is 0.189. The normalized spacial score (nSPS) is 17.1. The van der Waals surface area contributed by atoms with Crippen LogP contribution in [0.15, 0.2) is 42.5 Å². The quantitative estimate of drug-likeness (QED) is 0.751. The largest absolute Gasteiger partial charge is 0.497 e. The molecule has 3 rings (SSSR count). The van der Waals surface area contributed by atoms with E-state index in [4.69, 9.17) is 21.1 Å². The standard InChI is InChI=1S/C21H25ClN2O3/c1-26-15-11-12-20(27-2)18(14-15)23-21(25)24-13-7-3-4-10-19(24)16-8-5-6-9-17(16)22/h5-6,8-9,11-12,14,19H,3-4,7,10,13H2,1-2H3,(H,23,25)/t19-/m0/s1. The van der Waals surface area contributed by atoms with E-state index in [1.807, 2.05) is 29.2 Å². The Kier molecular flexibility index (Phi) is 6.45. The van der Waals surface area contributed by atoms with E-state index in [1.165, 1.54) is 0 Å². The highest BCUT2D eigenvalue weighted by Gasteiger charge is 2.28. The van der Waals surface area contributed by atoms with Crippen LogP contribution in [0.1, 0.15) is 37.3 Å². The minimum Gasteiger partial charge on any atom is -0.497 e. The Labute approximate surface area is 165 Å². The third-order valence-electron chi connectivity index (χ3n) is 4.93. The van der Waals surface area contributed by atoms with Crippen molar-refractivity contribution in [1.82, 2.24) is 4.90 Å². The van der Waals surface area contributed by atoms with Crippen LogP contribution in [0.2, 0.25) is 5.02 Å². The van der Waals surface area contributed by atoms with E-state index in [1.54, 1.807) is 32.4 Å². The van der Waals surface area contributed by atoms with E-state index in [2.05, 4.69) is 5.32 Å². The molecule has 0 aliphatic carbocycles. The molecule has 1 heterocycles. The smallest absolute Gasteiger partial charge is 0.322 e. The van der Waals surface area contributed by atoms with Crippen LogP contribution in [-0.4, -0.2) is 31.7 Å². The SMILES string of the molecule is COc1ccc(OC)c(NC(=O)N2CCCCC[C@H]2c2ccccc2Cl)c1. The maximum atomic E-state index is 13.2. The first kappa shape index (κ1) is 19.4. The summed E-state index contributed by atoms with van der Waals surface area (Å²) in [5.74, 6) is 1.25. The van der Waals surface area contributed by atoms with Crippen LogP contribution in [0.4, 0.5) is 10.5 Å². The lowest BCUT2D eigenvalue weighted by atomic mass is 10.0. The van der Waals surface area contributed by atoms with Crippen molar-refractivity contribution in [3.63, 3.8) is 0 Å². The van der Waals surface area contributed by atoms with E-state index < -0.39 is 0 Å². The van der Waals surface area contributed by atoms with Crippen LogP contribution >= 0.6 is 11.6 Å². The molecule has 0 unspecified atom stereocenters. The van der Waals surface area contributed by atoms with Crippen molar-refractivity contribution in [2.75, 3.05) is 26.1 Å². The zero-order valence-corrected chi connectivity index (χ0v) is 16.5. The molecule has 0 saturated carbocycles. The highest BCUT2D eigenvalue weighted by atomic mass is 35.5. The van der Waals surface area contributed by atoms with Crippen molar-refractivity contribution < 1.29 is 14.3 Å². The van der Waals surface area contributed by atoms with Gasteiger partial charge < -0.3 is 19.7 Å². The minimum atomic E-state index is -0.159. The fraction of sp³-hybridized carbons (Fsp3) is 0.381. The summed E-state index contributed by atoms with van der Waals surface area (Å²) in [6, 6.07) is 12.9. The van der Waals surface area contributed by atoms with Gasteiger partial charge in [0, 0.05) is 17.6 Å². The Hall–Kier alpha value is -2.40. The summed E-state index contributed by atoms with van der Waals surface area (Å²) < 4.78 is 10.6. The zero-order valence-electron chi connectivity index (χ0n) is 15.7. The molecular formula is C21H25ClN2O3. The number of carbonyl (C=O) groups is 1. The Bertz CT molecular complexity index is 797. The fourth-order valence-corrected chi connectivity index (χ4v) is 3.78. The number of hydrogen-bond acceptors (Lipinski definition) is 3. The molecule has 2 aromatic rings. The number of nitrogens with zero attached hydrogens (tertiary/aromatic N) is 1. The molecule has 0 bridgehead atoms. The number of nitrogens with one attached hydrogen (secondary N) is 1. The molecule has 0 aromatic heterocycles.